The third kappa shape index (κ3) is 1.60. The Hall–Kier alpha value is -1.79. The van der Waals surface area contributed by atoms with Gasteiger partial charge in [-0.3, -0.25) is 9.69 Å². The van der Waals surface area contributed by atoms with Crippen LogP contribution in [0, 0.1) is 0 Å². The van der Waals surface area contributed by atoms with Crippen LogP contribution < -0.4 is 14.2 Å². The van der Waals surface area contributed by atoms with E-state index < -0.39 is 5.41 Å². The number of carbonyl (C=O) groups excluding carboxylic acids is 1. The van der Waals surface area contributed by atoms with Gasteiger partial charge in [-0.25, -0.2) is 0 Å². The minimum absolute atomic E-state index is 0.203. The summed E-state index contributed by atoms with van der Waals surface area (Å²) in [6, 6.07) is 2.24. The number of hydrogen-bond donors (Lipinski definition) is 0. The average molecular weight is 331 g/mol. The van der Waals surface area contributed by atoms with Crippen LogP contribution in [0.15, 0.2) is 6.07 Å². The lowest BCUT2D eigenvalue weighted by molar-refractivity contribution is -0.123. The van der Waals surface area contributed by atoms with Crippen LogP contribution in [0.25, 0.3) is 0 Å². The Morgan fingerprint density at radius 3 is 2.96 bits per heavy atom. The van der Waals surface area contributed by atoms with Crippen LogP contribution in [-0.2, 0) is 21.5 Å². The predicted octanol–water partition coefficient (Wildman–Crippen LogP) is 1.63. The Labute approximate surface area is 140 Å². The first-order chi connectivity index (χ1) is 11.7. The molecule has 6 heteroatoms. The molecule has 0 radical (unpaired) electrons. The standard InChI is InChI=1S/C18H21NO5/c1-21-10-3-4-18-12-6-13-17(24-9-23-13)16(22-2)11(12)7-19(8-15(18)20)14(18)5-10/h6,10,14H,3-5,7-9H2,1-2H3. The van der Waals surface area contributed by atoms with Crippen LogP contribution in [-0.4, -0.2) is 50.4 Å². The molecule has 128 valence electrons. The fourth-order valence-corrected chi connectivity index (χ4v) is 5.21. The predicted molar refractivity (Wildman–Crippen MR) is 84.6 cm³/mol. The van der Waals surface area contributed by atoms with Gasteiger partial charge in [-0.2, -0.15) is 0 Å². The van der Waals surface area contributed by atoms with Gasteiger partial charge in [0.25, 0.3) is 0 Å². The molecule has 4 unspecified atom stereocenters. The number of benzene rings is 1. The third-order valence-corrected chi connectivity index (χ3v) is 6.30. The highest BCUT2D eigenvalue weighted by Gasteiger charge is 2.61. The highest BCUT2D eigenvalue weighted by molar-refractivity contribution is 5.97. The van der Waals surface area contributed by atoms with Crippen LogP contribution in [0.2, 0.25) is 0 Å². The number of hydrogen-bond acceptors (Lipinski definition) is 6. The van der Waals surface area contributed by atoms with Crippen LogP contribution >= 0.6 is 0 Å². The van der Waals surface area contributed by atoms with E-state index in [1.807, 2.05) is 6.07 Å². The number of carbonyl (C=O) groups is 1. The van der Waals surface area contributed by atoms with Gasteiger partial charge in [0.2, 0.25) is 12.5 Å². The molecule has 2 fully saturated rings. The summed E-state index contributed by atoms with van der Waals surface area (Å²) in [6.45, 7) is 1.42. The lowest BCUT2D eigenvalue weighted by atomic mass is 9.62. The monoisotopic (exact) mass is 331 g/mol. The van der Waals surface area contributed by atoms with Crippen molar-refractivity contribution in [3.05, 3.63) is 17.2 Å². The number of Topliss-reactive ketones (excluding diaryl/α,β-unsaturated/α-hetero) is 1. The molecule has 0 aromatic heterocycles. The molecule has 4 aliphatic rings. The summed E-state index contributed by atoms with van der Waals surface area (Å²) >= 11 is 0. The third-order valence-electron chi connectivity index (χ3n) is 6.30. The summed E-state index contributed by atoms with van der Waals surface area (Å²) in [6.07, 6.45) is 2.86. The molecule has 1 saturated heterocycles. The topological polar surface area (TPSA) is 57.2 Å². The van der Waals surface area contributed by atoms with Crippen molar-refractivity contribution in [3.8, 4) is 17.2 Å². The highest BCUT2D eigenvalue weighted by Crippen LogP contribution is 2.57. The fraction of sp³-hybridized carbons (Fsp3) is 0.611. The lowest BCUT2D eigenvalue weighted by Crippen LogP contribution is -2.53. The van der Waals surface area contributed by atoms with Crippen molar-refractivity contribution in [2.24, 2.45) is 0 Å². The normalized spacial score (nSPS) is 35.6. The van der Waals surface area contributed by atoms with E-state index >= 15 is 0 Å². The van der Waals surface area contributed by atoms with Gasteiger partial charge in [0.1, 0.15) is 0 Å². The van der Waals surface area contributed by atoms with Gasteiger partial charge < -0.3 is 18.9 Å². The van der Waals surface area contributed by atoms with Gasteiger partial charge in [0.15, 0.2) is 17.3 Å². The Balaban J connectivity index is 1.72. The van der Waals surface area contributed by atoms with Crippen LogP contribution in [0.4, 0.5) is 0 Å². The lowest BCUT2D eigenvalue weighted by Gasteiger charge is -2.47. The van der Waals surface area contributed by atoms with Gasteiger partial charge in [-0.15, -0.1) is 0 Å². The smallest absolute Gasteiger partial charge is 0.231 e. The van der Waals surface area contributed by atoms with E-state index in [4.69, 9.17) is 18.9 Å². The number of rotatable bonds is 2. The summed E-state index contributed by atoms with van der Waals surface area (Å²) in [5.41, 5.74) is 1.72. The minimum Gasteiger partial charge on any atom is -0.492 e. The molecule has 2 bridgehead atoms. The highest BCUT2D eigenvalue weighted by atomic mass is 16.7. The minimum atomic E-state index is -0.448. The Bertz CT molecular complexity index is 733. The van der Waals surface area contributed by atoms with Crippen molar-refractivity contribution >= 4 is 5.78 Å². The van der Waals surface area contributed by atoms with Crippen molar-refractivity contribution < 1.29 is 23.7 Å². The fourth-order valence-electron chi connectivity index (χ4n) is 5.21. The SMILES string of the molecule is COc1c2c(cc3c1OCO3)C13CCC(OC)CC1N(CC3=O)C2. The number of methoxy groups -OCH3 is 2. The average Bonchev–Trinajstić information content (AvgIpc) is 3.14. The van der Waals surface area contributed by atoms with E-state index in [9.17, 15) is 4.79 Å². The second-order valence-electron chi connectivity index (χ2n) is 7.12. The molecule has 0 N–H and O–H groups in total. The Kier molecular flexibility index (Phi) is 2.95. The van der Waals surface area contributed by atoms with E-state index in [0.29, 0.717) is 30.4 Å². The van der Waals surface area contributed by atoms with E-state index in [-0.39, 0.29) is 18.9 Å². The molecule has 0 spiro atoms. The molecule has 24 heavy (non-hydrogen) atoms. The van der Waals surface area contributed by atoms with Gasteiger partial charge in [-0.1, -0.05) is 0 Å². The molecule has 3 heterocycles. The number of fused-ring (bicyclic) bond motifs is 2. The van der Waals surface area contributed by atoms with E-state index in [1.54, 1.807) is 14.2 Å². The maximum absolute atomic E-state index is 13.1. The molecule has 6 nitrogen and oxygen atoms in total. The molecule has 4 atom stereocenters. The van der Waals surface area contributed by atoms with Crippen LogP contribution in [0.5, 0.6) is 17.2 Å². The summed E-state index contributed by atoms with van der Waals surface area (Å²) < 4.78 is 22.5. The van der Waals surface area contributed by atoms with Gasteiger partial charge in [0.05, 0.1) is 25.2 Å². The number of ether oxygens (including phenoxy) is 4. The molecular formula is C18H21NO5. The molecule has 1 aromatic carbocycles. The number of ketones is 1. The van der Waals surface area contributed by atoms with E-state index in [0.717, 1.165) is 36.1 Å². The largest absolute Gasteiger partial charge is 0.492 e. The quantitative estimate of drug-likeness (QED) is 0.821. The first kappa shape index (κ1) is 14.5. The van der Waals surface area contributed by atoms with Crippen molar-refractivity contribution in [3.63, 3.8) is 0 Å². The summed E-state index contributed by atoms with van der Waals surface area (Å²) in [4.78, 5) is 15.4. The molecular weight excluding hydrogens is 310 g/mol. The summed E-state index contributed by atoms with van der Waals surface area (Å²) in [5, 5.41) is 0. The zero-order chi connectivity index (χ0) is 16.5. The van der Waals surface area contributed by atoms with E-state index in [2.05, 4.69) is 4.90 Å². The van der Waals surface area contributed by atoms with Crippen molar-refractivity contribution in [1.82, 2.24) is 4.90 Å². The maximum Gasteiger partial charge on any atom is 0.231 e. The Morgan fingerprint density at radius 1 is 1.29 bits per heavy atom. The molecule has 3 aliphatic heterocycles. The molecule has 1 aliphatic carbocycles. The van der Waals surface area contributed by atoms with Crippen LogP contribution in [0.1, 0.15) is 30.4 Å². The zero-order valence-electron chi connectivity index (χ0n) is 14.0. The van der Waals surface area contributed by atoms with Crippen LogP contribution in [0.3, 0.4) is 0 Å². The summed E-state index contributed by atoms with van der Waals surface area (Å²) in [7, 11) is 3.42. The zero-order valence-corrected chi connectivity index (χ0v) is 14.0. The van der Waals surface area contributed by atoms with Crippen molar-refractivity contribution in [2.45, 2.75) is 43.4 Å². The Morgan fingerprint density at radius 2 is 2.17 bits per heavy atom. The number of nitrogens with zero attached hydrogens (tertiary/aromatic N) is 1. The van der Waals surface area contributed by atoms with Crippen molar-refractivity contribution in [1.29, 1.82) is 0 Å². The van der Waals surface area contributed by atoms with Gasteiger partial charge in [0, 0.05) is 25.3 Å². The van der Waals surface area contributed by atoms with Gasteiger partial charge in [-0.05, 0) is 30.9 Å². The molecule has 5 rings (SSSR count). The maximum atomic E-state index is 13.1. The molecule has 0 amide bonds. The first-order valence-corrected chi connectivity index (χ1v) is 8.49. The summed E-state index contributed by atoms with van der Waals surface area (Å²) in [5.74, 6) is 2.42. The first-order valence-electron chi connectivity index (χ1n) is 8.49. The van der Waals surface area contributed by atoms with Gasteiger partial charge >= 0.3 is 0 Å². The molecule has 1 saturated carbocycles. The van der Waals surface area contributed by atoms with E-state index in [1.165, 1.54) is 0 Å². The van der Waals surface area contributed by atoms with Crippen molar-refractivity contribution in [2.75, 3.05) is 27.6 Å². The second-order valence-corrected chi connectivity index (χ2v) is 7.12. The second kappa shape index (κ2) is 4.86. The molecule has 1 aromatic rings.